The molecule has 0 aromatic carbocycles. The van der Waals surface area contributed by atoms with Gasteiger partial charge >= 0.3 is 0 Å². The van der Waals surface area contributed by atoms with E-state index in [-0.39, 0.29) is 11.9 Å². The Morgan fingerprint density at radius 3 is 2.81 bits per heavy atom. The SMILES string of the molecule is CCc1nc(-c2ncccn2)sc1C(=O)N1CCCCC1c1nccs1. The molecule has 0 saturated carbocycles. The van der Waals surface area contributed by atoms with E-state index in [0.717, 1.165) is 36.5 Å². The highest BCUT2D eigenvalue weighted by Gasteiger charge is 2.32. The Hall–Kier alpha value is -2.19. The fourth-order valence-corrected chi connectivity index (χ4v) is 5.07. The molecule has 3 aromatic rings. The topological polar surface area (TPSA) is 71.9 Å². The van der Waals surface area contributed by atoms with Crippen LogP contribution in [-0.4, -0.2) is 37.3 Å². The molecule has 26 heavy (non-hydrogen) atoms. The normalized spacial score (nSPS) is 17.4. The van der Waals surface area contributed by atoms with Crippen LogP contribution in [0.5, 0.6) is 0 Å². The molecule has 6 nitrogen and oxygen atoms in total. The van der Waals surface area contributed by atoms with E-state index in [4.69, 9.17) is 0 Å². The summed E-state index contributed by atoms with van der Waals surface area (Å²) < 4.78 is 0. The minimum atomic E-state index is 0.0569. The van der Waals surface area contributed by atoms with E-state index in [1.165, 1.54) is 11.3 Å². The van der Waals surface area contributed by atoms with Crippen molar-refractivity contribution in [2.24, 2.45) is 0 Å². The highest BCUT2D eigenvalue weighted by atomic mass is 32.1. The van der Waals surface area contributed by atoms with Crippen molar-refractivity contribution in [2.45, 2.75) is 38.6 Å². The molecule has 1 fully saturated rings. The number of likely N-dealkylation sites (tertiary alicyclic amines) is 1. The second-order valence-corrected chi connectivity index (χ2v) is 8.03. The molecule has 4 heterocycles. The van der Waals surface area contributed by atoms with Crippen LogP contribution in [0.4, 0.5) is 0 Å². The summed E-state index contributed by atoms with van der Waals surface area (Å²) in [6.07, 6.45) is 9.03. The lowest BCUT2D eigenvalue weighted by molar-refractivity contribution is 0.0615. The van der Waals surface area contributed by atoms with Crippen LogP contribution in [0.2, 0.25) is 0 Å². The highest BCUT2D eigenvalue weighted by molar-refractivity contribution is 7.17. The molecule has 1 aliphatic heterocycles. The number of thiazole rings is 2. The molecule has 1 aliphatic rings. The van der Waals surface area contributed by atoms with Gasteiger partial charge in [0.05, 0.1) is 11.7 Å². The summed E-state index contributed by atoms with van der Waals surface area (Å²) in [5.74, 6) is 0.628. The van der Waals surface area contributed by atoms with Gasteiger partial charge in [-0.15, -0.1) is 22.7 Å². The van der Waals surface area contributed by atoms with Crippen LogP contribution in [0, 0.1) is 0 Å². The largest absolute Gasteiger partial charge is 0.328 e. The van der Waals surface area contributed by atoms with Crippen molar-refractivity contribution in [1.82, 2.24) is 24.8 Å². The smallest absolute Gasteiger partial charge is 0.266 e. The molecule has 1 amide bonds. The zero-order valence-corrected chi connectivity index (χ0v) is 16.1. The van der Waals surface area contributed by atoms with E-state index in [2.05, 4.69) is 19.9 Å². The van der Waals surface area contributed by atoms with Gasteiger partial charge < -0.3 is 4.90 Å². The van der Waals surface area contributed by atoms with Gasteiger partial charge in [-0.2, -0.15) is 0 Å². The van der Waals surface area contributed by atoms with Gasteiger partial charge in [0.2, 0.25) is 0 Å². The number of hydrogen-bond acceptors (Lipinski definition) is 7. The first-order valence-corrected chi connectivity index (χ1v) is 10.4. The Kier molecular flexibility index (Phi) is 5.03. The Bertz CT molecular complexity index is 878. The first-order valence-electron chi connectivity index (χ1n) is 8.75. The minimum Gasteiger partial charge on any atom is -0.328 e. The fourth-order valence-electron chi connectivity index (χ4n) is 3.22. The predicted octanol–water partition coefficient (Wildman–Crippen LogP) is 3.99. The van der Waals surface area contributed by atoms with Gasteiger partial charge in [-0.1, -0.05) is 6.92 Å². The van der Waals surface area contributed by atoms with E-state index < -0.39 is 0 Å². The Labute approximate surface area is 160 Å². The lowest BCUT2D eigenvalue weighted by Gasteiger charge is -2.34. The number of nitrogens with zero attached hydrogens (tertiary/aromatic N) is 5. The molecule has 134 valence electrons. The van der Waals surface area contributed by atoms with Gasteiger partial charge in [-0.25, -0.2) is 19.9 Å². The number of aromatic nitrogens is 4. The van der Waals surface area contributed by atoms with Crippen LogP contribution < -0.4 is 0 Å². The number of carbonyl (C=O) groups excluding carboxylic acids is 1. The number of rotatable bonds is 4. The molecule has 0 N–H and O–H groups in total. The average Bonchev–Trinajstić information content (AvgIpc) is 3.38. The van der Waals surface area contributed by atoms with Gasteiger partial charge in [-0.05, 0) is 31.7 Å². The van der Waals surface area contributed by atoms with Gasteiger partial charge in [-0.3, -0.25) is 4.79 Å². The van der Waals surface area contributed by atoms with Crippen molar-refractivity contribution in [3.05, 3.63) is 45.6 Å². The van der Waals surface area contributed by atoms with Gasteiger partial charge in [0.25, 0.3) is 5.91 Å². The quantitative estimate of drug-likeness (QED) is 0.679. The minimum absolute atomic E-state index is 0.0569. The Balaban J connectivity index is 1.67. The molecule has 0 radical (unpaired) electrons. The van der Waals surface area contributed by atoms with Crippen molar-refractivity contribution in [3.8, 4) is 10.8 Å². The Morgan fingerprint density at radius 1 is 1.23 bits per heavy atom. The summed E-state index contributed by atoms with van der Waals surface area (Å²) in [5.41, 5.74) is 0.825. The lowest BCUT2D eigenvalue weighted by atomic mass is 10.0. The predicted molar refractivity (Wildman–Crippen MR) is 102 cm³/mol. The first kappa shape index (κ1) is 17.2. The lowest BCUT2D eigenvalue weighted by Crippen LogP contribution is -2.38. The second kappa shape index (κ2) is 7.59. The van der Waals surface area contributed by atoms with Gasteiger partial charge in [0.15, 0.2) is 10.8 Å². The molecule has 1 atom stereocenters. The maximum atomic E-state index is 13.4. The molecular weight excluding hydrogens is 366 g/mol. The fraction of sp³-hybridized carbons (Fsp3) is 0.389. The highest BCUT2D eigenvalue weighted by Crippen LogP contribution is 2.35. The molecule has 0 spiro atoms. The molecule has 0 aliphatic carbocycles. The summed E-state index contributed by atoms with van der Waals surface area (Å²) >= 11 is 3.01. The number of amides is 1. The molecule has 4 rings (SSSR count). The van der Waals surface area contributed by atoms with Crippen molar-refractivity contribution < 1.29 is 4.79 Å². The van der Waals surface area contributed by atoms with E-state index in [1.54, 1.807) is 29.8 Å². The zero-order chi connectivity index (χ0) is 17.9. The maximum Gasteiger partial charge on any atom is 0.266 e. The van der Waals surface area contributed by atoms with E-state index in [0.29, 0.717) is 22.1 Å². The molecule has 1 unspecified atom stereocenters. The van der Waals surface area contributed by atoms with Gasteiger partial charge in [0, 0.05) is 30.5 Å². The van der Waals surface area contributed by atoms with Crippen molar-refractivity contribution in [3.63, 3.8) is 0 Å². The third kappa shape index (κ3) is 3.26. The van der Waals surface area contributed by atoms with Crippen LogP contribution >= 0.6 is 22.7 Å². The summed E-state index contributed by atoms with van der Waals surface area (Å²) in [6.45, 7) is 2.79. The maximum absolute atomic E-state index is 13.4. The zero-order valence-electron chi connectivity index (χ0n) is 14.5. The standard InChI is InChI=1S/C18H19N5OS2/c1-2-12-14(26-17(22-12)15-19-7-5-8-20-15)18(24)23-10-4-3-6-13(23)16-21-9-11-25-16/h5,7-9,11,13H,2-4,6,10H2,1H3. The van der Waals surface area contributed by atoms with E-state index >= 15 is 0 Å². The number of hydrogen-bond donors (Lipinski definition) is 0. The third-order valence-corrected chi connectivity index (χ3v) is 6.44. The number of aryl methyl sites for hydroxylation is 1. The van der Waals surface area contributed by atoms with Crippen LogP contribution in [0.15, 0.2) is 30.0 Å². The van der Waals surface area contributed by atoms with E-state index in [9.17, 15) is 4.79 Å². The summed E-state index contributed by atoms with van der Waals surface area (Å²) in [5, 5.41) is 3.70. The summed E-state index contributed by atoms with van der Waals surface area (Å²) in [4.78, 5) is 33.7. The third-order valence-electron chi connectivity index (χ3n) is 4.48. The van der Waals surface area contributed by atoms with Crippen LogP contribution in [0.1, 0.15) is 52.6 Å². The van der Waals surface area contributed by atoms with Crippen LogP contribution in [-0.2, 0) is 6.42 Å². The number of carbonyl (C=O) groups is 1. The van der Waals surface area contributed by atoms with Crippen molar-refractivity contribution in [2.75, 3.05) is 6.54 Å². The first-order chi connectivity index (χ1) is 12.8. The van der Waals surface area contributed by atoms with Crippen LogP contribution in [0.3, 0.4) is 0 Å². The van der Waals surface area contributed by atoms with E-state index in [1.807, 2.05) is 23.4 Å². The monoisotopic (exact) mass is 385 g/mol. The van der Waals surface area contributed by atoms with Gasteiger partial charge in [0.1, 0.15) is 9.88 Å². The average molecular weight is 386 g/mol. The summed E-state index contributed by atoms with van der Waals surface area (Å²) in [6, 6.07) is 1.84. The second-order valence-electron chi connectivity index (χ2n) is 6.10. The molecule has 1 saturated heterocycles. The molecular formula is C18H19N5OS2. The summed E-state index contributed by atoms with van der Waals surface area (Å²) in [7, 11) is 0. The molecule has 0 bridgehead atoms. The molecule has 3 aromatic heterocycles. The Morgan fingerprint density at radius 2 is 2.08 bits per heavy atom. The number of piperidine rings is 1. The molecule has 8 heteroatoms. The van der Waals surface area contributed by atoms with Crippen molar-refractivity contribution in [1.29, 1.82) is 0 Å². The van der Waals surface area contributed by atoms with Crippen molar-refractivity contribution >= 4 is 28.6 Å². The van der Waals surface area contributed by atoms with Crippen LogP contribution in [0.25, 0.3) is 10.8 Å².